The van der Waals surface area contributed by atoms with E-state index in [2.05, 4.69) is 12.1 Å². The Morgan fingerprint density at radius 2 is 1.13 bits per heavy atom. The minimum atomic E-state index is -2.72. The molecule has 0 radical (unpaired) electrons. The predicted molar refractivity (Wildman–Crippen MR) is 165 cm³/mol. The lowest BCUT2D eigenvalue weighted by Crippen LogP contribution is -2.32. The Labute approximate surface area is 262 Å². The Kier molecular flexibility index (Phi) is 7.97. The number of amides is 1. The van der Waals surface area contributed by atoms with Gasteiger partial charge in [-0.2, -0.15) is 0 Å². The zero-order valence-corrected chi connectivity index (χ0v) is 25.5. The number of hydrogen-bond donors (Lipinski definition) is 1. The van der Waals surface area contributed by atoms with Crippen LogP contribution < -0.4 is 5.73 Å². The molecule has 2 N–H and O–H groups in total. The Morgan fingerprint density at radius 1 is 0.667 bits per heavy atom. The van der Waals surface area contributed by atoms with Gasteiger partial charge in [-0.15, -0.1) is 0 Å². The Hall–Kier alpha value is -3.29. The number of hydrogen-bond acceptors (Lipinski definition) is 3. The van der Waals surface area contributed by atoms with E-state index in [0.29, 0.717) is 43.1 Å². The molecule has 8 heteroatoms. The van der Waals surface area contributed by atoms with Crippen molar-refractivity contribution in [3.05, 3.63) is 94.1 Å². The lowest BCUT2D eigenvalue weighted by atomic mass is 9.66. The Bertz CT molecular complexity index is 1510. The van der Waals surface area contributed by atoms with Crippen LogP contribution in [0.5, 0.6) is 0 Å². The second-order valence-corrected chi connectivity index (χ2v) is 14.1. The van der Waals surface area contributed by atoms with Crippen LogP contribution >= 0.6 is 0 Å². The van der Waals surface area contributed by atoms with Crippen LogP contribution in [-0.2, 0) is 0 Å². The second-order valence-electron chi connectivity index (χ2n) is 14.1. The van der Waals surface area contributed by atoms with Gasteiger partial charge in [-0.3, -0.25) is 14.8 Å². The van der Waals surface area contributed by atoms with Gasteiger partial charge in [-0.1, -0.05) is 24.3 Å². The van der Waals surface area contributed by atoms with E-state index in [1.165, 1.54) is 0 Å². The monoisotopic (exact) mass is 619 g/mol. The maximum Gasteiger partial charge on any atom is 0.249 e. The second kappa shape index (κ2) is 11.8. The summed E-state index contributed by atoms with van der Waals surface area (Å²) in [7, 11) is 0. The number of carbonyl (C=O) groups excluding carboxylic acids is 1. The van der Waals surface area contributed by atoms with E-state index in [4.69, 9.17) is 15.7 Å². The number of nitrogens with zero attached hydrogens (tertiary/aromatic N) is 2. The molecule has 2 atom stereocenters. The molecule has 1 amide bonds. The maximum atomic E-state index is 14.5. The van der Waals surface area contributed by atoms with Gasteiger partial charge in [0.15, 0.2) is 0 Å². The van der Waals surface area contributed by atoms with Crippen LogP contribution in [-0.4, -0.2) is 27.7 Å². The van der Waals surface area contributed by atoms with Crippen LogP contribution in [0.3, 0.4) is 0 Å². The third-order valence-electron chi connectivity index (χ3n) is 10.8. The molecular formula is C37H41F4N3O. The molecule has 4 nitrogen and oxygen atoms in total. The fourth-order valence-corrected chi connectivity index (χ4v) is 8.03. The van der Waals surface area contributed by atoms with Crippen LogP contribution in [0, 0.1) is 11.8 Å². The van der Waals surface area contributed by atoms with Crippen molar-refractivity contribution in [3.8, 4) is 0 Å². The summed E-state index contributed by atoms with van der Waals surface area (Å²) in [6, 6.07) is 13.7. The highest BCUT2D eigenvalue weighted by Gasteiger charge is 2.43. The third kappa shape index (κ3) is 6.52. The summed E-state index contributed by atoms with van der Waals surface area (Å²) < 4.78 is 57.9. The standard InChI is InChI=1S/C37H41F4N3O/c38-36(39)16-12-24(13-17-36)32(26-8-10-30(43-20-26)22-4-5-22)28-2-1-3-29(35(42)45)34(28)33(25-14-18-37(40,41)19-15-25)27-9-11-31(44-21-27)23-6-7-23/h1-3,8-11,20-25,32-33H,4-7,12-19H2,(H2,42,45). The first-order valence-electron chi connectivity index (χ1n) is 16.7. The van der Waals surface area contributed by atoms with E-state index in [9.17, 15) is 22.4 Å². The van der Waals surface area contributed by atoms with Crippen molar-refractivity contribution < 1.29 is 22.4 Å². The van der Waals surface area contributed by atoms with Gasteiger partial charge in [-0.25, -0.2) is 17.6 Å². The molecule has 4 aliphatic carbocycles. The van der Waals surface area contributed by atoms with Gasteiger partial charge in [0.25, 0.3) is 0 Å². The van der Waals surface area contributed by atoms with Crippen molar-refractivity contribution in [2.75, 3.05) is 0 Å². The number of rotatable bonds is 9. The number of pyridine rings is 2. The van der Waals surface area contributed by atoms with Crippen LogP contribution in [0.1, 0.15) is 145 Å². The molecule has 1 aromatic carbocycles. The zero-order valence-electron chi connectivity index (χ0n) is 25.5. The largest absolute Gasteiger partial charge is 0.366 e. The average Bonchev–Trinajstić information content (AvgIpc) is 3.94. The van der Waals surface area contributed by atoms with E-state index in [1.54, 1.807) is 6.07 Å². The van der Waals surface area contributed by atoms with Gasteiger partial charge in [0, 0.05) is 78.7 Å². The summed E-state index contributed by atoms with van der Waals surface area (Å²) >= 11 is 0. The fourth-order valence-electron chi connectivity index (χ4n) is 8.03. The van der Waals surface area contributed by atoms with Crippen LogP contribution in [0.4, 0.5) is 17.6 Å². The number of nitrogens with two attached hydrogens (primary N) is 1. The normalized spacial score (nSPS) is 23.4. The topological polar surface area (TPSA) is 68.9 Å². The van der Waals surface area contributed by atoms with Crippen molar-refractivity contribution in [1.82, 2.24) is 9.97 Å². The molecule has 238 valence electrons. The molecular weight excluding hydrogens is 578 g/mol. The number of primary amides is 1. The van der Waals surface area contributed by atoms with Crippen molar-refractivity contribution in [2.24, 2.45) is 17.6 Å². The van der Waals surface area contributed by atoms with Gasteiger partial charge in [0.2, 0.25) is 17.8 Å². The first-order valence-corrected chi connectivity index (χ1v) is 16.7. The number of halogens is 4. The molecule has 4 aliphatic rings. The lowest BCUT2D eigenvalue weighted by molar-refractivity contribution is -0.0485. The highest BCUT2D eigenvalue weighted by atomic mass is 19.3. The summed E-state index contributed by atoms with van der Waals surface area (Å²) in [5, 5.41) is 0. The number of aromatic nitrogens is 2. The lowest BCUT2D eigenvalue weighted by Gasteiger charge is -2.39. The molecule has 45 heavy (non-hydrogen) atoms. The average molecular weight is 620 g/mol. The first kappa shape index (κ1) is 30.4. The van der Waals surface area contributed by atoms with Crippen molar-refractivity contribution in [3.63, 3.8) is 0 Å². The van der Waals surface area contributed by atoms with Gasteiger partial charge in [0.1, 0.15) is 0 Å². The highest BCUT2D eigenvalue weighted by Crippen LogP contribution is 2.52. The van der Waals surface area contributed by atoms with Crippen molar-refractivity contribution in [1.29, 1.82) is 0 Å². The number of alkyl halides is 4. The van der Waals surface area contributed by atoms with E-state index in [0.717, 1.165) is 59.3 Å². The molecule has 4 fully saturated rings. The highest BCUT2D eigenvalue weighted by molar-refractivity contribution is 5.95. The minimum absolute atomic E-state index is 0.105. The van der Waals surface area contributed by atoms with E-state index >= 15 is 0 Å². The van der Waals surface area contributed by atoms with E-state index in [1.807, 2.05) is 36.7 Å². The first-order chi connectivity index (χ1) is 21.6. The van der Waals surface area contributed by atoms with Crippen LogP contribution in [0.15, 0.2) is 54.9 Å². The van der Waals surface area contributed by atoms with Gasteiger partial charge in [0.05, 0.1) is 0 Å². The molecule has 2 heterocycles. The maximum absolute atomic E-state index is 14.5. The predicted octanol–water partition coefficient (Wildman–Crippen LogP) is 9.25. The Morgan fingerprint density at radius 3 is 1.56 bits per heavy atom. The summed E-state index contributed by atoms with van der Waals surface area (Å²) in [6.45, 7) is 0. The molecule has 0 spiro atoms. The summed E-state index contributed by atoms with van der Waals surface area (Å²) in [4.78, 5) is 22.8. The molecule has 3 aromatic rings. The minimum Gasteiger partial charge on any atom is -0.366 e. The SMILES string of the molecule is NC(=O)c1cccc(C(c2ccc(C3CC3)nc2)C2CCC(F)(F)CC2)c1C(c1ccc(C2CC2)nc1)C1CCC(F)(F)CC1. The zero-order chi connectivity index (χ0) is 31.3. The summed E-state index contributed by atoms with van der Waals surface area (Å²) in [5.74, 6) is -6.04. The van der Waals surface area contributed by atoms with E-state index < -0.39 is 23.7 Å². The fraction of sp³-hybridized carbons (Fsp3) is 0.541. The van der Waals surface area contributed by atoms with E-state index in [-0.39, 0.29) is 43.4 Å². The molecule has 2 unspecified atom stereocenters. The summed E-state index contributed by atoms with van der Waals surface area (Å²) in [5.41, 5.74) is 11.9. The van der Waals surface area contributed by atoms with Crippen LogP contribution in [0.2, 0.25) is 0 Å². The molecule has 0 bridgehead atoms. The molecule has 7 rings (SSSR count). The Balaban J connectivity index is 1.38. The van der Waals surface area contributed by atoms with Gasteiger partial charge >= 0.3 is 0 Å². The molecule has 0 saturated heterocycles. The molecule has 4 saturated carbocycles. The van der Waals surface area contributed by atoms with Crippen LogP contribution in [0.25, 0.3) is 0 Å². The summed E-state index contributed by atoms with van der Waals surface area (Å²) in [6.07, 6.45) is 8.63. The number of benzene rings is 1. The van der Waals surface area contributed by atoms with Gasteiger partial charge < -0.3 is 5.73 Å². The van der Waals surface area contributed by atoms with Crippen molar-refractivity contribution in [2.45, 2.75) is 113 Å². The molecule has 2 aromatic heterocycles. The smallest absolute Gasteiger partial charge is 0.249 e. The van der Waals surface area contributed by atoms with Crippen molar-refractivity contribution >= 4 is 5.91 Å². The quantitative estimate of drug-likeness (QED) is 0.243. The number of carbonyl (C=O) groups is 1. The molecule has 0 aliphatic heterocycles. The van der Waals surface area contributed by atoms with Gasteiger partial charge in [-0.05, 0) is 104 Å². The third-order valence-corrected chi connectivity index (χ3v) is 10.8.